The quantitative estimate of drug-likeness (QED) is 0.322. The molecule has 4 aromatic rings. The van der Waals surface area contributed by atoms with Crippen LogP contribution in [-0.4, -0.2) is 89.3 Å². The first-order valence-corrected chi connectivity index (χ1v) is 15.3. The van der Waals surface area contributed by atoms with E-state index >= 15 is 4.39 Å². The second-order valence-electron chi connectivity index (χ2n) is 11.4. The number of hydrogen-bond acceptors (Lipinski definition) is 7. The van der Waals surface area contributed by atoms with Crippen molar-refractivity contribution in [3.05, 3.63) is 58.6 Å². The van der Waals surface area contributed by atoms with Gasteiger partial charge in [-0.05, 0) is 57.5 Å². The smallest absolute Gasteiger partial charge is 0.156 e. The third kappa shape index (κ3) is 4.93. The van der Waals surface area contributed by atoms with Crippen LogP contribution in [0.5, 0.6) is 0 Å². The fourth-order valence-corrected chi connectivity index (χ4v) is 7.63. The van der Waals surface area contributed by atoms with Gasteiger partial charge in [0.25, 0.3) is 0 Å². The number of aromatic nitrogens is 3. The first kappa shape index (κ1) is 26.1. The first-order valence-electron chi connectivity index (χ1n) is 14.5. The number of pyridine rings is 1. The third-order valence-electron chi connectivity index (χ3n) is 8.75. The summed E-state index contributed by atoms with van der Waals surface area (Å²) in [6.45, 7) is 11.8. The summed E-state index contributed by atoms with van der Waals surface area (Å²) < 4.78 is 23.9. The molecule has 210 valence electrons. The Balaban J connectivity index is 1.21. The van der Waals surface area contributed by atoms with Crippen molar-refractivity contribution in [3.63, 3.8) is 0 Å². The van der Waals surface area contributed by atoms with Crippen molar-refractivity contribution in [3.8, 4) is 17.1 Å². The molecule has 3 aromatic heterocycles. The van der Waals surface area contributed by atoms with Crippen molar-refractivity contribution >= 4 is 27.2 Å². The summed E-state index contributed by atoms with van der Waals surface area (Å²) in [6, 6.07) is 12.8. The molecule has 9 heteroatoms. The van der Waals surface area contributed by atoms with E-state index in [0.29, 0.717) is 6.54 Å². The molecular formula is C31H37FN6OS. The number of alkyl halides is 1. The number of fused-ring (bicyclic) bond motifs is 1. The number of benzene rings is 1. The fraction of sp³-hybridized carbons (Fsp3) is 0.484. The lowest BCUT2D eigenvalue weighted by molar-refractivity contribution is 0.00224. The Kier molecular flexibility index (Phi) is 7.07. The number of nitrogens with zero attached hydrogens (tertiary/aromatic N) is 6. The molecule has 2 atom stereocenters. The maximum Gasteiger partial charge on any atom is 0.156 e. The number of ether oxygens (including phenoxy) is 1. The maximum atomic E-state index is 15.2. The molecule has 3 aliphatic heterocycles. The van der Waals surface area contributed by atoms with E-state index in [9.17, 15) is 0 Å². The Morgan fingerprint density at radius 1 is 1.05 bits per heavy atom. The highest BCUT2D eigenvalue weighted by Crippen LogP contribution is 2.39. The minimum Gasteiger partial charge on any atom is -0.378 e. The Bertz CT molecular complexity index is 1510. The van der Waals surface area contributed by atoms with Gasteiger partial charge in [-0.1, -0.05) is 23.8 Å². The molecule has 2 unspecified atom stereocenters. The van der Waals surface area contributed by atoms with Crippen molar-refractivity contribution in [1.29, 1.82) is 0 Å². The zero-order valence-electron chi connectivity index (χ0n) is 23.4. The van der Waals surface area contributed by atoms with Crippen LogP contribution in [0.25, 0.3) is 27.3 Å². The second kappa shape index (κ2) is 10.9. The predicted octanol–water partition coefficient (Wildman–Crippen LogP) is 5.22. The molecule has 0 aliphatic carbocycles. The highest BCUT2D eigenvalue weighted by Gasteiger charge is 2.36. The summed E-state index contributed by atoms with van der Waals surface area (Å²) in [5, 5.41) is 4.92. The van der Waals surface area contributed by atoms with Crippen molar-refractivity contribution in [1.82, 2.24) is 24.6 Å². The standard InChI is InChI=1S/C31H37FN6OS/c1-21-5-3-6-23(17-21)25-7-12-38(34-25)29-18-27(37-13-15-39-16-14-37)31-30(33-29)22(2)28(40-31)20-35-11-8-26(24(32)19-35)36-9-4-10-36/h3,5-7,12,17-18,24,26H,4,8-11,13-16,19-20H2,1-2H3. The minimum absolute atomic E-state index is 0.101. The van der Waals surface area contributed by atoms with Crippen LogP contribution in [0.2, 0.25) is 0 Å². The lowest BCUT2D eigenvalue weighted by atomic mass is 9.98. The number of anilines is 1. The molecule has 0 saturated carbocycles. The van der Waals surface area contributed by atoms with Gasteiger partial charge < -0.3 is 9.64 Å². The molecule has 7 rings (SSSR count). The van der Waals surface area contributed by atoms with Gasteiger partial charge in [-0.2, -0.15) is 5.10 Å². The zero-order chi connectivity index (χ0) is 27.2. The van der Waals surface area contributed by atoms with Gasteiger partial charge >= 0.3 is 0 Å². The van der Waals surface area contributed by atoms with Crippen LogP contribution in [-0.2, 0) is 11.3 Å². The molecule has 3 fully saturated rings. The topological polar surface area (TPSA) is 49.7 Å². The number of rotatable bonds is 6. The van der Waals surface area contributed by atoms with Crippen LogP contribution < -0.4 is 4.90 Å². The number of aryl methyl sites for hydroxylation is 2. The highest BCUT2D eigenvalue weighted by atomic mass is 32.1. The lowest BCUT2D eigenvalue weighted by Crippen LogP contribution is -2.56. The number of likely N-dealkylation sites (tertiary alicyclic amines) is 2. The van der Waals surface area contributed by atoms with E-state index in [0.717, 1.165) is 81.5 Å². The summed E-state index contributed by atoms with van der Waals surface area (Å²) in [6.07, 6.45) is 3.34. The Morgan fingerprint density at radius 3 is 2.65 bits per heavy atom. The van der Waals surface area contributed by atoms with Crippen molar-refractivity contribution in [2.75, 3.05) is 57.4 Å². The average Bonchev–Trinajstić information content (AvgIpc) is 3.55. The predicted molar refractivity (Wildman–Crippen MR) is 159 cm³/mol. The van der Waals surface area contributed by atoms with E-state index < -0.39 is 6.17 Å². The largest absolute Gasteiger partial charge is 0.378 e. The number of hydrogen-bond donors (Lipinski definition) is 0. The molecule has 0 radical (unpaired) electrons. The van der Waals surface area contributed by atoms with Gasteiger partial charge in [0, 0.05) is 61.5 Å². The molecule has 0 amide bonds. The van der Waals surface area contributed by atoms with Gasteiger partial charge in [-0.15, -0.1) is 11.3 Å². The number of morpholine rings is 1. The highest BCUT2D eigenvalue weighted by molar-refractivity contribution is 7.19. The van der Waals surface area contributed by atoms with E-state index in [2.05, 4.69) is 64.9 Å². The molecule has 0 N–H and O–H groups in total. The van der Waals surface area contributed by atoms with Gasteiger partial charge in [0.05, 0.1) is 34.8 Å². The molecule has 6 heterocycles. The van der Waals surface area contributed by atoms with Gasteiger partial charge in [0.15, 0.2) is 5.82 Å². The molecule has 1 aromatic carbocycles. The van der Waals surface area contributed by atoms with E-state index in [1.54, 1.807) is 0 Å². The van der Waals surface area contributed by atoms with Gasteiger partial charge in [0.1, 0.15) is 6.17 Å². The second-order valence-corrected chi connectivity index (χ2v) is 12.5. The zero-order valence-corrected chi connectivity index (χ0v) is 24.2. The summed E-state index contributed by atoms with van der Waals surface area (Å²) in [4.78, 5) is 13.5. The molecule has 0 spiro atoms. The maximum absolute atomic E-state index is 15.2. The van der Waals surface area contributed by atoms with Crippen molar-refractivity contribution < 1.29 is 9.13 Å². The van der Waals surface area contributed by atoms with E-state index in [1.807, 2.05) is 22.2 Å². The van der Waals surface area contributed by atoms with E-state index in [1.165, 1.54) is 32.8 Å². The Morgan fingerprint density at radius 2 is 1.90 bits per heavy atom. The van der Waals surface area contributed by atoms with E-state index in [4.69, 9.17) is 14.8 Å². The third-order valence-corrected chi connectivity index (χ3v) is 10.0. The molecule has 0 bridgehead atoms. The fourth-order valence-electron chi connectivity index (χ4n) is 6.30. The number of piperidine rings is 1. The van der Waals surface area contributed by atoms with Crippen LogP contribution in [0.15, 0.2) is 42.6 Å². The molecule has 3 saturated heterocycles. The number of halogens is 1. The van der Waals surface area contributed by atoms with Crippen LogP contribution in [0.1, 0.15) is 28.8 Å². The Labute approximate surface area is 239 Å². The monoisotopic (exact) mass is 560 g/mol. The summed E-state index contributed by atoms with van der Waals surface area (Å²) in [5.41, 5.74) is 6.66. The van der Waals surface area contributed by atoms with Crippen molar-refractivity contribution in [2.24, 2.45) is 0 Å². The van der Waals surface area contributed by atoms with Crippen LogP contribution >= 0.6 is 11.3 Å². The SMILES string of the molecule is Cc1cccc(-c2ccn(-c3cc(N4CCOCC4)c4sc(CN5CCC(N6CCC6)C(F)C5)c(C)c4n3)n2)c1. The number of thiophene rings is 1. The average molecular weight is 561 g/mol. The summed E-state index contributed by atoms with van der Waals surface area (Å²) in [5.74, 6) is 0.819. The molecule has 7 nitrogen and oxygen atoms in total. The summed E-state index contributed by atoms with van der Waals surface area (Å²) >= 11 is 1.82. The normalized spacial score (nSPS) is 22.6. The lowest BCUT2D eigenvalue weighted by Gasteiger charge is -2.44. The molecule has 40 heavy (non-hydrogen) atoms. The Hall–Kier alpha value is -2.85. The van der Waals surface area contributed by atoms with Crippen LogP contribution in [0, 0.1) is 13.8 Å². The van der Waals surface area contributed by atoms with Crippen LogP contribution in [0.3, 0.4) is 0 Å². The molecule has 3 aliphatic rings. The van der Waals surface area contributed by atoms with Gasteiger partial charge in [-0.3, -0.25) is 9.80 Å². The van der Waals surface area contributed by atoms with Gasteiger partial charge in [0.2, 0.25) is 0 Å². The van der Waals surface area contributed by atoms with E-state index in [-0.39, 0.29) is 6.04 Å². The molecular weight excluding hydrogens is 523 g/mol. The van der Waals surface area contributed by atoms with Crippen LogP contribution in [0.4, 0.5) is 10.1 Å². The summed E-state index contributed by atoms with van der Waals surface area (Å²) in [7, 11) is 0. The minimum atomic E-state index is -0.778. The van der Waals surface area contributed by atoms with Gasteiger partial charge in [-0.25, -0.2) is 14.1 Å². The van der Waals surface area contributed by atoms with Crippen molar-refractivity contribution in [2.45, 2.75) is 45.4 Å². The first-order chi connectivity index (χ1) is 19.5.